The Bertz CT molecular complexity index is 424. The molecule has 0 spiro atoms. The van der Waals surface area contributed by atoms with E-state index in [1.807, 2.05) is 0 Å². The summed E-state index contributed by atoms with van der Waals surface area (Å²) in [6, 6.07) is 8.62. The van der Waals surface area contributed by atoms with Crippen molar-refractivity contribution in [1.82, 2.24) is 9.59 Å². The number of hydrogen-bond acceptors (Lipinski definition) is 3. The third-order valence-electron chi connectivity index (χ3n) is 2.40. The summed E-state index contributed by atoms with van der Waals surface area (Å²) in [6.07, 6.45) is 1.80. The minimum Gasteiger partial charge on any atom is -0.146 e. The molecule has 0 bridgehead atoms. The second kappa shape index (κ2) is 3.74. The number of aromatic nitrogens is 2. The van der Waals surface area contributed by atoms with Crippen LogP contribution in [0.1, 0.15) is 26.3 Å². The summed E-state index contributed by atoms with van der Waals surface area (Å²) in [4.78, 5) is 1.12. The summed E-state index contributed by atoms with van der Waals surface area (Å²) in [7, 11) is 0. The average molecular weight is 218 g/mol. The van der Waals surface area contributed by atoms with E-state index < -0.39 is 0 Å². The number of hydrogen-bond donors (Lipinski definition) is 0. The Morgan fingerprint density at radius 2 is 1.73 bits per heavy atom. The van der Waals surface area contributed by atoms with E-state index >= 15 is 0 Å². The molecule has 0 saturated heterocycles. The van der Waals surface area contributed by atoms with E-state index in [9.17, 15) is 0 Å². The smallest absolute Gasteiger partial charge is 0.0753 e. The fourth-order valence-electron chi connectivity index (χ4n) is 1.43. The minimum atomic E-state index is 0.213. The molecule has 0 atom stereocenters. The summed E-state index contributed by atoms with van der Waals surface area (Å²) < 4.78 is 3.86. The molecule has 15 heavy (non-hydrogen) atoms. The zero-order valence-electron chi connectivity index (χ0n) is 9.19. The van der Waals surface area contributed by atoms with Crippen molar-refractivity contribution >= 4 is 11.5 Å². The van der Waals surface area contributed by atoms with Crippen LogP contribution in [-0.4, -0.2) is 9.59 Å². The highest BCUT2D eigenvalue weighted by Crippen LogP contribution is 2.26. The Hall–Kier alpha value is -1.22. The van der Waals surface area contributed by atoms with Gasteiger partial charge < -0.3 is 0 Å². The predicted molar refractivity (Wildman–Crippen MR) is 64.0 cm³/mol. The molecule has 0 radical (unpaired) electrons. The molecule has 1 aromatic heterocycles. The molecule has 0 aliphatic heterocycles. The number of benzene rings is 1. The van der Waals surface area contributed by atoms with E-state index in [0.717, 1.165) is 4.88 Å². The van der Waals surface area contributed by atoms with Crippen LogP contribution in [0, 0.1) is 0 Å². The third kappa shape index (κ3) is 2.23. The normalized spacial score (nSPS) is 11.7. The molecule has 78 valence electrons. The van der Waals surface area contributed by atoms with E-state index in [4.69, 9.17) is 0 Å². The van der Waals surface area contributed by atoms with E-state index in [0.29, 0.717) is 0 Å². The largest absolute Gasteiger partial charge is 0.146 e. The van der Waals surface area contributed by atoms with Gasteiger partial charge in [0.05, 0.1) is 11.1 Å². The summed E-state index contributed by atoms with van der Waals surface area (Å²) in [5.74, 6) is 0. The molecule has 0 N–H and O–H groups in total. The van der Waals surface area contributed by atoms with Crippen molar-refractivity contribution in [3.63, 3.8) is 0 Å². The summed E-state index contributed by atoms with van der Waals surface area (Å²) in [5, 5.41) is 3.84. The molecule has 3 heteroatoms. The van der Waals surface area contributed by atoms with Gasteiger partial charge in [0.2, 0.25) is 0 Å². The molecule has 2 nitrogen and oxygen atoms in total. The molecule has 1 heterocycles. The fourth-order valence-corrected chi connectivity index (χ4v) is 1.95. The molecular formula is C12H14N2S. The van der Waals surface area contributed by atoms with Crippen molar-refractivity contribution in [3.8, 4) is 10.4 Å². The van der Waals surface area contributed by atoms with Crippen molar-refractivity contribution in [2.24, 2.45) is 0 Å². The lowest BCUT2D eigenvalue weighted by Crippen LogP contribution is -2.10. The Balaban J connectivity index is 2.33. The molecule has 0 aliphatic rings. The Labute approximate surface area is 94.1 Å². The highest BCUT2D eigenvalue weighted by atomic mass is 32.1. The molecule has 2 aromatic rings. The van der Waals surface area contributed by atoms with Crippen molar-refractivity contribution in [3.05, 3.63) is 36.0 Å². The van der Waals surface area contributed by atoms with Gasteiger partial charge in [-0.15, -0.1) is 5.10 Å². The van der Waals surface area contributed by atoms with Gasteiger partial charge in [-0.05, 0) is 28.1 Å². The zero-order chi connectivity index (χ0) is 10.9. The van der Waals surface area contributed by atoms with Gasteiger partial charge in [-0.25, -0.2) is 0 Å². The minimum absolute atomic E-state index is 0.213. The predicted octanol–water partition coefficient (Wildman–Crippen LogP) is 3.50. The van der Waals surface area contributed by atoms with Crippen molar-refractivity contribution < 1.29 is 0 Å². The van der Waals surface area contributed by atoms with Crippen LogP contribution in [0.5, 0.6) is 0 Å². The fraction of sp³-hybridized carbons (Fsp3) is 0.333. The number of nitrogens with zero attached hydrogens (tertiary/aromatic N) is 2. The summed E-state index contributed by atoms with van der Waals surface area (Å²) >= 11 is 1.43. The van der Waals surface area contributed by atoms with E-state index in [1.165, 1.54) is 22.7 Å². The van der Waals surface area contributed by atoms with E-state index in [1.54, 1.807) is 6.20 Å². The second-order valence-corrected chi connectivity index (χ2v) is 5.39. The van der Waals surface area contributed by atoms with Crippen LogP contribution in [0.25, 0.3) is 10.4 Å². The second-order valence-electron chi connectivity index (χ2n) is 4.61. The topological polar surface area (TPSA) is 25.8 Å². The van der Waals surface area contributed by atoms with Crippen LogP contribution < -0.4 is 0 Å². The van der Waals surface area contributed by atoms with Gasteiger partial charge in [0, 0.05) is 0 Å². The first-order valence-corrected chi connectivity index (χ1v) is 5.73. The third-order valence-corrected chi connectivity index (χ3v) is 3.11. The van der Waals surface area contributed by atoms with Gasteiger partial charge in [-0.2, -0.15) is 0 Å². The van der Waals surface area contributed by atoms with Crippen molar-refractivity contribution in [1.29, 1.82) is 0 Å². The highest BCUT2D eigenvalue weighted by Gasteiger charge is 2.13. The first kappa shape index (κ1) is 10.3. The average Bonchev–Trinajstić information content (AvgIpc) is 2.69. The molecule has 0 unspecified atom stereocenters. The maximum absolute atomic E-state index is 3.86. The van der Waals surface area contributed by atoms with E-state index in [2.05, 4.69) is 54.6 Å². The standard InChI is InChI=1S/C12H14N2S/c1-12(2,3)10-6-4-9(5-7-10)11-8-13-14-15-11/h4-8H,1-3H3. The molecule has 1 aromatic carbocycles. The Morgan fingerprint density at radius 1 is 1.07 bits per heavy atom. The first-order valence-electron chi connectivity index (χ1n) is 4.95. The number of rotatable bonds is 1. The van der Waals surface area contributed by atoms with Gasteiger partial charge in [-0.1, -0.05) is 49.5 Å². The molecule has 0 fully saturated rings. The lowest BCUT2D eigenvalue weighted by Gasteiger charge is -2.18. The maximum Gasteiger partial charge on any atom is 0.0753 e. The molecule has 0 aliphatic carbocycles. The van der Waals surface area contributed by atoms with Gasteiger partial charge in [0.15, 0.2) is 0 Å². The van der Waals surface area contributed by atoms with Crippen molar-refractivity contribution in [2.45, 2.75) is 26.2 Å². The monoisotopic (exact) mass is 218 g/mol. The van der Waals surface area contributed by atoms with Crippen LogP contribution in [0.15, 0.2) is 30.5 Å². The van der Waals surface area contributed by atoms with Gasteiger partial charge in [-0.3, -0.25) is 0 Å². The van der Waals surface area contributed by atoms with Gasteiger partial charge in [0.1, 0.15) is 0 Å². The SMILES string of the molecule is CC(C)(C)c1ccc(-c2cnns2)cc1. The lowest BCUT2D eigenvalue weighted by molar-refractivity contribution is 0.590. The van der Waals surface area contributed by atoms with Crippen LogP contribution in [-0.2, 0) is 5.41 Å². The van der Waals surface area contributed by atoms with E-state index in [-0.39, 0.29) is 5.41 Å². The quantitative estimate of drug-likeness (QED) is 0.732. The maximum atomic E-state index is 3.86. The summed E-state index contributed by atoms with van der Waals surface area (Å²) in [5.41, 5.74) is 2.76. The first-order chi connectivity index (χ1) is 7.07. The Morgan fingerprint density at radius 3 is 2.20 bits per heavy atom. The molecular weight excluding hydrogens is 204 g/mol. The summed E-state index contributed by atoms with van der Waals surface area (Å²) in [6.45, 7) is 6.66. The van der Waals surface area contributed by atoms with Crippen LogP contribution in [0.4, 0.5) is 0 Å². The van der Waals surface area contributed by atoms with Gasteiger partial charge in [0.25, 0.3) is 0 Å². The van der Waals surface area contributed by atoms with Crippen LogP contribution >= 0.6 is 11.5 Å². The van der Waals surface area contributed by atoms with Crippen LogP contribution in [0.3, 0.4) is 0 Å². The molecule has 2 rings (SSSR count). The van der Waals surface area contributed by atoms with Crippen LogP contribution in [0.2, 0.25) is 0 Å². The van der Waals surface area contributed by atoms with Crippen molar-refractivity contribution in [2.75, 3.05) is 0 Å². The van der Waals surface area contributed by atoms with Gasteiger partial charge >= 0.3 is 0 Å². The molecule has 0 amide bonds. The lowest BCUT2D eigenvalue weighted by atomic mass is 9.87. The highest BCUT2D eigenvalue weighted by molar-refractivity contribution is 7.09. The molecule has 0 saturated carbocycles. The zero-order valence-corrected chi connectivity index (χ0v) is 10.0. The Kier molecular flexibility index (Phi) is 2.57.